The highest BCUT2D eigenvalue weighted by atomic mass is 19.4. The zero-order valence-corrected chi connectivity index (χ0v) is 9.89. The molecule has 0 aromatic rings. The van der Waals surface area contributed by atoms with Gasteiger partial charge in [-0.2, -0.15) is 27.2 Å². The van der Waals surface area contributed by atoms with Crippen LogP contribution in [-0.4, -0.2) is 17.9 Å². The van der Waals surface area contributed by atoms with Crippen LogP contribution in [0.2, 0.25) is 0 Å². The smallest absolute Gasteiger partial charge is 0.287 e. The Morgan fingerprint density at radius 3 is 2.47 bits per heavy atom. The van der Waals surface area contributed by atoms with E-state index in [1.54, 1.807) is 6.07 Å². The predicted octanol–water partition coefficient (Wildman–Crippen LogP) is 3.56. The molecule has 0 N–H and O–H groups in total. The lowest BCUT2D eigenvalue weighted by Crippen LogP contribution is -2.37. The Morgan fingerprint density at radius 2 is 2.00 bits per heavy atom. The molecule has 0 fully saturated rings. The van der Waals surface area contributed by atoms with Crippen LogP contribution in [0.5, 0.6) is 0 Å². The Bertz CT molecular complexity index is 481. The van der Waals surface area contributed by atoms with Crippen molar-refractivity contribution < 1.29 is 26.7 Å². The van der Waals surface area contributed by atoms with Crippen molar-refractivity contribution in [3.05, 3.63) is 23.3 Å². The van der Waals surface area contributed by atoms with E-state index in [0.29, 0.717) is 6.08 Å². The van der Waals surface area contributed by atoms with Crippen LogP contribution in [-0.2, 0) is 4.79 Å². The molecule has 104 valence electrons. The Balaban J connectivity index is 3.26. The lowest BCUT2D eigenvalue weighted by Gasteiger charge is -2.25. The minimum Gasteiger partial charge on any atom is -0.287 e. The highest BCUT2D eigenvalue weighted by Crippen LogP contribution is 2.40. The summed E-state index contributed by atoms with van der Waals surface area (Å²) in [5.41, 5.74) is -2.30. The third-order valence-electron chi connectivity index (χ3n) is 2.79. The molecule has 19 heavy (non-hydrogen) atoms. The van der Waals surface area contributed by atoms with Gasteiger partial charge in [-0.3, -0.25) is 4.79 Å². The number of hydrogen-bond donors (Lipinski definition) is 0. The van der Waals surface area contributed by atoms with Crippen LogP contribution >= 0.6 is 0 Å². The summed E-state index contributed by atoms with van der Waals surface area (Å²) in [5.74, 6) is -7.17. The maximum Gasteiger partial charge on any atom is 0.420 e. The van der Waals surface area contributed by atoms with Crippen molar-refractivity contribution in [2.24, 2.45) is 5.92 Å². The molecule has 0 spiro atoms. The second-order valence-electron chi connectivity index (χ2n) is 4.21. The number of nitrogens with zero attached hydrogens (tertiary/aromatic N) is 1. The van der Waals surface area contributed by atoms with Crippen molar-refractivity contribution in [2.45, 2.75) is 31.9 Å². The molecule has 1 atom stereocenters. The van der Waals surface area contributed by atoms with Gasteiger partial charge in [-0.1, -0.05) is 13.0 Å². The maximum atomic E-state index is 13.0. The van der Waals surface area contributed by atoms with Gasteiger partial charge in [0.1, 0.15) is 5.57 Å². The minimum absolute atomic E-state index is 0.0196. The highest BCUT2D eigenvalue weighted by molar-refractivity contribution is 6.05. The van der Waals surface area contributed by atoms with Gasteiger partial charge >= 0.3 is 12.1 Å². The Hall–Kier alpha value is -1.71. The summed E-state index contributed by atoms with van der Waals surface area (Å²) in [4.78, 5) is 11.2. The van der Waals surface area contributed by atoms with Gasteiger partial charge in [0.15, 0.2) is 0 Å². The van der Waals surface area contributed by atoms with Gasteiger partial charge in [-0.05, 0) is 24.0 Å². The number of rotatable bonds is 3. The van der Waals surface area contributed by atoms with Gasteiger partial charge in [0.25, 0.3) is 0 Å². The molecule has 0 radical (unpaired) electrons. The molecule has 0 aliphatic heterocycles. The molecule has 0 amide bonds. The van der Waals surface area contributed by atoms with Crippen LogP contribution in [0.25, 0.3) is 0 Å². The largest absolute Gasteiger partial charge is 0.420 e. The lowest BCUT2D eigenvalue weighted by molar-refractivity contribution is -0.145. The standard InChI is InChI=1S/C12H10F5NO/c1-7(3-2-6-18)8-4-5-11(13,14)10(19)9(8)12(15,16)17/h4-5,7H,2-3H2,1H3. The van der Waals surface area contributed by atoms with Gasteiger partial charge in [0.05, 0.1) is 6.07 Å². The van der Waals surface area contributed by atoms with E-state index < -0.39 is 34.9 Å². The average molecular weight is 279 g/mol. The molecule has 1 rings (SSSR count). The van der Waals surface area contributed by atoms with E-state index >= 15 is 0 Å². The zero-order chi connectivity index (χ0) is 14.8. The number of hydrogen-bond acceptors (Lipinski definition) is 2. The number of ketones is 1. The normalized spacial score (nSPS) is 20.4. The molecule has 0 aromatic carbocycles. The first-order chi connectivity index (χ1) is 8.61. The molecule has 1 unspecified atom stereocenters. The fraction of sp³-hybridized carbons (Fsp3) is 0.500. The third-order valence-corrected chi connectivity index (χ3v) is 2.79. The van der Waals surface area contributed by atoms with Crippen molar-refractivity contribution in [2.75, 3.05) is 0 Å². The molecule has 7 heteroatoms. The Kier molecular flexibility index (Phi) is 4.13. The summed E-state index contributed by atoms with van der Waals surface area (Å²) in [6, 6.07) is 1.76. The molecule has 0 aromatic heterocycles. The molecular formula is C12H10F5NO. The van der Waals surface area contributed by atoms with Gasteiger partial charge in [-0.25, -0.2) is 0 Å². The second kappa shape index (κ2) is 5.11. The van der Waals surface area contributed by atoms with E-state index in [0.717, 1.165) is 0 Å². The van der Waals surface area contributed by atoms with Crippen molar-refractivity contribution in [3.63, 3.8) is 0 Å². The molecule has 0 saturated heterocycles. The quantitative estimate of drug-likeness (QED) is 0.741. The van der Waals surface area contributed by atoms with E-state index in [9.17, 15) is 26.7 Å². The summed E-state index contributed by atoms with van der Waals surface area (Å²) in [6.45, 7) is 1.36. The fourth-order valence-electron chi connectivity index (χ4n) is 1.79. The van der Waals surface area contributed by atoms with Gasteiger partial charge in [0.2, 0.25) is 5.78 Å². The van der Waals surface area contributed by atoms with E-state index in [4.69, 9.17) is 5.26 Å². The molecule has 0 bridgehead atoms. The summed E-state index contributed by atoms with van der Waals surface area (Å²) in [6.07, 6.45) is -4.29. The number of allylic oxidation sites excluding steroid dienone is 4. The summed E-state index contributed by atoms with van der Waals surface area (Å²) in [5, 5.41) is 8.38. The molecular weight excluding hydrogens is 269 g/mol. The number of nitriles is 1. The summed E-state index contributed by atoms with van der Waals surface area (Å²) >= 11 is 0. The van der Waals surface area contributed by atoms with Crippen molar-refractivity contribution in [3.8, 4) is 6.07 Å². The lowest BCUT2D eigenvalue weighted by atomic mass is 9.84. The van der Waals surface area contributed by atoms with Crippen LogP contribution in [0, 0.1) is 17.2 Å². The number of carbonyl (C=O) groups excluding carboxylic acids is 1. The van der Waals surface area contributed by atoms with Crippen molar-refractivity contribution >= 4 is 5.78 Å². The minimum atomic E-state index is -5.14. The maximum absolute atomic E-state index is 13.0. The summed E-state index contributed by atoms with van der Waals surface area (Å²) in [7, 11) is 0. The summed E-state index contributed by atoms with van der Waals surface area (Å²) < 4.78 is 64.4. The molecule has 0 heterocycles. The molecule has 1 aliphatic carbocycles. The highest BCUT2D eigenvalue weighted by Gasteiger charge is 2.52. The Morgan fingerprint density at radius 1 is 1.42 bits per heavy atom. The Labute approximate surface area is 106 Å². The van der Waals surface area contributed by atoms with Crippen LogP contribution < -0.4 is 0 Å². The van der Waals surface area contributed by atoms with E-state index in [1.165, 1.54) is 6.92 Å². The first-order valence-corrected chi connectivity index (χ1v) is 5.41. The SMILES string of the molecule is CC(CCC#N)C1=C(C(F)(F)F)C(=O)C(F)(F)C=C1. The molecule has 2 nitrogen and oxygen atoms in total. The van der Waals surface area contributed by atoms with E-state index in [2.05, 4.69) is 0 Å². The van der Waals surface area contributed by atoms with E-state index in [1.807, 2.05) is 0 Å². The van der Waals surface area contributed by atoms with Gasteiger partial charge < -0.3 is 0 Å². The first kappa shape index (κ1) is 15.3. The zero-order valence-electron chi connectivity index (χ0n) is 9.89. The first-order valence-electron chi connectivity index (χ1n) is 5.41. The number of halogens is 5. The van der Waals surface area contributed by atoms with Crippen LogP contribution in [0.3, 0.4) is 0 Å². The second-order valence-corrected chi connectivity index (χ2v) is 4.21. The van der Waals surface area contributed by atoms with Crippen LogP contribution in [0.4, 0.5) is 22.0 Å². The molecule has 0 saturated carbocycles. The van der Waals surface area contributed by atoms with Gasteiger partial charge in [-0.15, -0.1) is 0 Å². The van der Waals surface area contributed by atoms with E-state index in [-0.39, 0.29) is 18.9 Å². The topological polar surface area (TPSA) is 40.9 Å². The fourth-order valence-corrected chi connectivity index (χ4v) is 1.79. The average Bonchev–Trinajstić information content (AvgIpc) is 2.27. The predicted molar refractivity (Wildman–Crippen MR) is 56.2 cm³/mol. The van der Waals surface area contributed by atoms with Crippen molar-refractivity contribution in [1.82, 2.24) is 0 Å². The monoisotopic (exact) mass is 279 g/mol. The third kappa shape index (κ3) is 3.19. The van der Waals surface area contributed by atoms with Crippen LogP contribution in [0.15, 0.2) is 23.3 Å². The van der Waals surface area contributed by atoms with Crippen molar-refractivity contribution in [1.29, 1.82) is 5.26 Å². The van der Waals surface area contributed by atoms with Gasteiger partial charge in [0, 0.05) is 6.42 Å². The number of alkyl halides is 5. The number of Topliss-reactive ketones (excluding diaryl/α,β-unsaturated/α-hetero) is 1. The molecule has 1 aliphatic rings. The van der Waals surface area contributed by atoms with Crippen LogP contribution in [0.1, 0.15) is 19.8 Å². The number of carbonyl (C=O) groups is 1.